The van der Waals surface area contributed by atoms with Crippen molar-refractivity contribution in [2.24, 2.45) is 23.2 Å². The SMILES string of the molecule is CC(C)CN(CCC#N)C1CC(C(C)(C)C)CCC1C#N. The summed E-state index contributed by atoms with van der Waals surface area (Å²) >= 11 is 0. The van der Waals surface area contributed by atoms with Crippen molar-refractivity contribution in [1.29, 1.82) is 10.5 Å². The van der Waals surface area contributed by atoms with Gasteiger partial charge in [0, 0.05) is 25.6 Å². The fourth-order valence-corrected chi connectivity index (χ4v) is 3.54. The van der Waals surface area contributed by atoms with Crippen LogP contribution in [0.4, 0.5) is 0 Å². The molecule has 0 saturated heterocycles. The summed E-state index contributed by atoms with van der Waals surface area (Å²) in [6.07, 6.45) is 3.82. The predicted octanol–water partition coefficient (Wildman–Crippen LogP) is 4.21. The fraction of sp³-hybridized carbons (Fsp3) is 0.889. The van der Waals surface area contributed by atoms with E-state index < -0.39 is 0 Å². The van der Waals surface area contributed by atoms with E-state index in [1.54, 1.807) is 0 Å². The highest BCUT2D eigenvalue weighted by molar-refractivity contribution is 5.00. The molecule has 0 N–H and O–H groups in total. The summed E-state index contributed by atoms with van der Waals surface area (Å²) in [5.74, 6) is 1.36. The summed E-state index contributed by atoms with van der Waals surface area (Å²) in [7, 11) is 0. The van der Waals surface area contributed by atoms with Gasteiger partial charge in [-0.3, -0.25) is 4.90 Å². The maximum Gasteiger partial charge on any atom is 0.0672 e. The van der Waals surface area contributed by atoms with E-state index in [2.05, 4.69) is 51.7 Å². The molecule has 3 unspecified atom stereocenters. The maximum atomic E-state index is 9.52. The minimum atomic E-state index is 0.126. The summed E-state index contributed by atoms with van der Waals surface area (Å²) in [6, 6.07) is 5.11. The molecule has 1 aliphatic rings. The lowest BCUT2D eigenvalue weighted by atomic mass is 9.67. The van der Waals surface area contributed by atoms with Crippen LogP contribution >= 0.6 is 0 Å². The van der Waals surface area contributed by atoms with Crippen LogP contribution in [0.5, 0.6) is 0 Å². The van der Waals surface area contributed by atoms with E-state index in [0.717, 1.165) is 32.4 Å². The number of nitrogens with zero attached hydrogens (tertiary/aromatic N) is 3. The molecule has 21 heavy (non-hydrogen) atoms. The monoisotopic (exact) mass is 289 g/mol. The molecule has 3 heteroatoms. The van der Waals surface area contributed by atoms with Gasteiger partial charge in [0.2, 0.25) is 0 Å². The van der Waals surface area contributed by atoms with Crippen molar-refractivity contribution in [3.63, 3.8) is 0 Å². The smallest absolute Gasteiger partial charge is 0.0672 e. The number of hydrogen-bond acceptors (Lipinski definition) is 3. The second-order valence-electron chi connectivity index (χ2n) is 7.98. The molecule has 0 bridgehead atoms. The second-order valence-corrected chi connectivity index (χ2v) is 7.98. The molecule has 0 aromatic carbocycles. The van der Waals surface area contributed by atoms with Gasteiger partial charge in [-0.05, 0) is 36.5 Å². The van der Waals surface area contributed by atoms with E-state index in [1.165, 1.54) is 0 Å². The Hall–Kier alpha value is -1.06. The number of hydrogen-bond donors (Lipinski definition) is 0. The predicted molar refractivity (Wildman–Crippen MR) is 86.3 cm³/mol. The molecule has 0 spiro atoms. The van der Waals surface area contributed by atoms with Gasteiger partial charge < -0.3 is 0 Å². The first-order chi connectivity index (χ1) is 9.79. The highest BCUT2D eigenvalue weighted by atomic mass is 15.2. The van der Waals surface area contributed by atoms with Crippen molar-refractivity contribution >= 4 is 0 Å². The van der Waals surface area contributed by atoms with Gasteiger partial charge in [-0.1, -0.05) is 34.6 Å². The molecule has 0 radical (unpaired) electrons. The fourth-order valence-electron chi connectivity index (χ4n) is 3.54. The molecule has 1 aliphatic carbocycles. The molecule has 0 aromatic heterocycles. The average Bonchev–Trinajstić information content (AvgIpc) is 2.41. The van der Waals surface area contributed by atoms with Gasteiger partial charge in [-0.25, -0.2) is 0 Å². The van der Waals surface area contributed by atoms with Crippen LogP contribution in [0.2, 0.25) is 0 Å². The number of rotatable bonds is 5. The zero-order chi connectivity index (χ0) is 16.0. The van der Waals surface area contributed by atoms with Crippen LogP contribution in [0.1, 0.15) is 60.3 Å². The molecular formula is C18H31N3. The Bertz CT molecular complexity index is 394. The van der Waals surface area contributed by atoms with Crippen LogP contribution in [0.3, 0.4) is 0 Å². The minimum absolute atomic E-state index is 0.126. The third-order valence-electron chi connectivity index (χ3n) is 4.79. The molecule has 0 aromatic rings. The van der Waals surface area contributed by atoms with Crippen molar-refractivity contribution in [2.75, 3.05) is 13.1 Å². The van der Waals surface area contributed by atoms with Crippen LogP contribution in [-0.4, -0.2) is 24.0 Å². The summed E-state index contributed by atoms with van der Waals surface area (Å²) in [6.45, 7) is 13.1. The lowest BCUT2D eigenvalue weighted by Gasteiger charge is -2.44. The highest BCUT2D eigenvalue weighted by Crippen LogP contribution is 2.41. The first-order valence-electron chi connectivity index (χ1n) is 8.30. The summed E-state index contributed by atoms with van der Waals surface area (Å²) in [5, 5.41) is 18.4. The van der Waals surface area contributed by atoms with Crippen molar-refractivity contribution in [1.82, 2.24) is 4.90 Å². The standard InChI is InChI=1S/C18H31N3/c1-14(2)13-21(10-6-9-19)17-11-16(18(3,4)5)8-7-15(17)12-20/h14-17H,6-8,10-11,13H2,1-5H3. The van der Waals surface area contributed by atoms with Gasteiger partial charge >= 0.3 is 0 Å². The molecule has 1 rings (SSSR count). The Morgan fingerprint density at radius 1 is 1.19 bits per heavy atom. The first kappa shape index (κ1) is 18.0. The Balaban J connectivity index is 2.88. The maximum absolute atomic E-state index is 9.52. The van der Waals surface area contributed by atoms with Gasteiger partial charge in [0.15, 0.2) is 0 Å². The zero-order valence-corrected chi connectivity index (χ0v) is 14.4. The van der Waals surface area contributed by atoms with Gasteiger partial charge in [0.1, 0.15) is 0 Å². The van der Waals surface area contributed by atoms with Crippen LogP contribution < -0.4 is 0 Å². The van der Waals surface area contributed by atoms with E-state index >= 15 is 0 Å². The largest absolute Gasteiger partial charge is 0.298 e. The molecule has 1 fully saturated rings. The van der Waals surface area contributed by atoms with Gasteiger partial charge in [0.25, 0.3) is 0 Å². The van der Waals surface area contributed by atoms with Crippen molar-refractivity contribution < 1.29 is 0 Å². The normalized spacial score (nSPS) is 26.6. The van der Waals surface area contributed by atoms with E-state index in [9.17, 15) is 5.26 Å². The van der Waals surface area contributed by atoms with Gasteiger partial charge in [-0.2, -0.15) is 10.5 Å². The molecule has 0 heterocycles. The second kappa shape index (κ2) is 7.81. The van der Waals surface area contributed by atoms with Crippen LogP contribution in [0.25, 0.3) is 0 Å². The van der Waals surface area contributed by atoms with Crippen molar-refractivity contribution in [3.05, 3.63) is 0 Å². The van der Waals surface area contributed by atoms with E-state index in [-0.39, 0.29) is 5.92 Å². The van der Waals surface area contributed by atoms with Crippen LogP contribution in [-0.2, 0) is 0 Å². The van der Waals surface area contributed by atoms with E-state index in [1.807, 2.05) is 0 Å². The lowest BCUT2D eigenvalue weighted by Crippen LogP contribution is -2.47. The van der Waals surface area contributed by atoms with E-state index in [4.69, 9.17) is 5.26 Å². The van der Waals surface area contributed by atoms with Gasteiger partial charge in [0.05, 0.1) is 18.1 Å². The average molecular weight is 289 g/mol. The summed E-state index contributed by atoms with van der Waals surface area (Å²) in [5.41, 5.74) is 0.303. The molecular weight excluding hydrogens is 258 g/mol. The van der Waals surface area contributed by atoms with Crippen molar-refractivity contribution in [3.8, 4) is 12.1 Å². The minimum Gasteiger partial charge on any atom is -0.298 e. The van der Waals surface area contributed by atoms with Crippen LogP contribution in [0, 0.1) is 45.8 Å². The summed E-state index contributed by atoms with van der Waals surface area (Å²) < 4.78 is 0. The third kappa shape index (κ3) is 5.33. The number of nitriles is 2. The Kier molecular flexibility index (Phi) is 6.69. The quantitative estimate of drug-likeness (QED) is 0.761. The summed E-state index contributed by atoms with van der Waals surface area (Å²) in [4.78, 5) is 2.42. The third-order valence-corrected chi connectivity index (χ3v) is 4.79. The zero-order valence-electron chi connectivity index (χ0n) is 14.4. The topological polar surface area (TPSA) is 50.8 Å². The van der Waals surface area contributed by atoms with Gasteiger partial charge in [-0.15, -0.1) is 0 Å². The Morgan fingerprint density at radius 2 is 1.86 bits per heavy atom. The molecule has 0 amide bonds. The van der Waals surface area contributed by atoms with Crippen molar-refractivity contribution in [2.45, 2.75) is 66.3 Å². The molecule has 118 valence electrons. The Morgan fingerprint density at radius 3 is 2.33 bits per heavy atom. The molecule has 1 saturated carbocycles. The lowest BCUT2D eigenvalue weighted by molar-refractivity contribution is 0.0547. The van der Waals surface area contributed by atoms with E-state index in [0.29, 0.717) is 29.7 Å². The molecule has 3 atom stereocenters. The molecule has 3 nitrogen and oxygen atoms in total. The van der Waals surface area contributed by atoms with Crippen LogP contribution in [0.15, 0.2) is 0 Å². The Labute approximate surface area is 130 Å². The molecule has 0 aliphatic heterocycles. The highest BCUT2D eigenvalue weighted by Gasteiger charge is 2.38. The first-order valence-corrected chi connectivity index (χ1v) is 8.30.